The van der Waals surface area contributed by atoms with E-state index < -0.39 is 5.97 Å². The summed E-state index contributed by atoms with van der Waals surface area (Å²) in [6.45, 7) is 2.12. The summed E-state index contributed by atoms with van der Waals surface area (Å²) in [5.41, 5.74) is 0.279. The van der Waals surface area contributed by atoms with Gasteiger partial charge in [0.25, 0.3) is 0 Å². The van der Waals surface area contributed by atoms with E-state index in [0.717, 1.165) is 12.2 Å². The minimum atomic E-state index is -0.917. The van der Waals surface area contributed by atoms with Crippen LogP contribution in [0.2, 0.25) is 0 Å². The van der Waals surface area contributed by atoms with Gasteiger partial charge in [0.05, 0.1) is 5.56 Å². The number of carboxylic acids is 1. The Morgan fingerprint density at radius 1 is 1.65 bits per heavy atom. The van der Waals surface area contributed by atoms with Crippen LogP contribution in [0.4, 0.5) is 5.82 Å². The van der Waals surface area contributed by atoms with Crippen molar-refractivity contribution in [1.29, 1.82) is 0 Å². The molecule has 0 fully saturated rings. The van der Waals surface area contributed by atoms with Crippen LogP contribution >= 0.6 is 11.8 Å². The third-order valence-corrected chi connectivity index (χ3v) is 3.45. The zero-order chi connectivity index (χ0) is 12.8. The molecule has 5 heteroatoms. The predicted molar refractivity (Wildman–Crippen MR) is 72.1 cm³/mol. The number of carboxylic acid groups (broad SMARTS) is 1. The Bertz CT molecular complexity index is 385. The average Bonchev–Trinajstić information content (AvgIpc) is 2.35. The Morgan fingerprint density at radius 2 is 2.35 bits per heavy atom. The van der Waals surface area contributed by atoms with E-state index in [9.17, 15) is 4.79 Å². The van der Waals surface area contributed by atoms with E-state index in [1.165, 1.54) is 6.07 Å². The van der Waals surface area contributed by atoms with Gasteiger partial charge in [0.2, 0.25) is 0 Å². The average molecular weight is 254 g/mol. The molecule has 1 N–H and O–H groups in total. The largest absolute Gasteiger partial charge is 0.478 e. The second-order valence-corrected chi connectivity index (χ2v) is 4.75. The molecule has 1 atom stereocenters. The maximum absolute atomic E-state index is 10.9. The molecule has 0 aliphatic carbocycles. The van der Waals surface area contributed by atoms with Crippen LogP contribution in [0.1, 0.15) is 23.7 Å². The Labute approximate surface area is 106 Å². The van der Waals surface area contributed by atoms with Crippen LogP contribution in [-0.4, -0.2) is 41.2 Å². The second kappa shape index (κ2) is 6.49. The molecular weight excluding hydrogens is 236 g/mol. The number of carbonyl (C=O) groups is 1. The van der Waals surface area contributed by atoms with E-state index in [1.807, 2.05) is 11.9 Å². The standard InChI is InChI=1S/C12H18N2O2S/c1-4-10(8-17-3)14(2)11-7-9(12(15)16)5-6-13-11/h5-7,10H,4,8H2,1-3H3,(H,15,16). The topological polar surface area (TPSA) is 53.4 Å². The van der Waals surface area contributed by atoms with Gasteiger partial charge in [-0.3, -0.25) is 0 Å². The van der Waals surface area contributed by atoms with Crippen molar-refractivity contribution in [3.05, 3.63) is 23.9 Å². The minimum Gasteiger partial charge on any atom is -0.478 e. The highest BCUT2D eigenvalue weighted by molar-refractivity contribution is 7.98. The molecule has 1 aromatic heterocycles. The quantitative estimate of drug-likeness (QED) is 0.844. The van der Waals surface area contributed by atoms with E-state index >= 15 is 0 Å². The molecule has 0 radical (unpaired) electrons. The molecule has 17 heavy (non-hydrogen) atoms. The molecule has 1 heterocycles. The molecule has 0 saturated carbocycles. The lowest BCUT2D eigenvalue weighted by molar-refractivity contribution is 0.0697. The van der Waals surface area contributed by atoms with Gasteiger partial charge in [0, 0.05) is 25.0 Å². The summed E-state index contributed by atoms with van der Waals surface area (Å²) >= 11 is 1.78. The fourth-order valence-electron chi connectivity index (χ4n) is 1.63. The van der Waals surface area contributed by atoms with Gasteiger partial charge >= 0.3 is 5.97 Å². The minimum absolute atomic E-state index is 0.279. The van der Waals surface area contributed by atoms with Gasteiger partial charge in [-0.1, -0.05) is 6.92 Å². The number of hydrogen-bond donors (Lipinski definition) is 1. The van der Waals surface area contributed by atoms with E-state index in [1.54, 1.807) is 24.0 Å². The molecule has 1 aromatic rings. The summed E-state index contributed by atoms with van der Waals surface area (Å²) in [4.78, 5) is 17.2. The van der Waals surface area contributed by atoms with Crippen LogP contribution in [0.25, 0.3) is 0 Å². The third kappa shape index (κ3) is 3.63. The van der Waals surface area contributed by atoms with Gasteiger partial charge in [-0.25, -0.2) is 9.78 Å². The summed E-state index contributed by atoms with van der Waals surface area (Å²) in [6.07, 6.45) is 4.62. The molecule has 1 unspecified atom stereocenters. The van der Waals surface area contributed by atoms with E-state index in [4.69, 9.17) is 5.11 Å². The number of hydrogen-bond acceptors (Lipinski definition) is 4. The Hall–Kier alpha value is -1.23. The molecular formula is C12H18N2O2S. The summed E-state index contributed by atoms with van der Waals surface area (Å²) in [7, 11) is 1.96. The van der Waals surface area contributed by atoms with Crippen LogP contribution in [0, 0.1) is 0 Å². The van der Waals surface area contributed by atoms with Gasteiger partial charge in [-0.05, 0) is 24.8 Å². The molecule has 94 valence electrons. The first-order valence-electron chi connectivity index (χ1n) is 5.51. The van der Waals surface area contributed by atoms with Crippen molar-refractivity contribution in [2.75, 3.05) is 24.0 Å². The SMILES string of the molecule is CCC(CSC)N(C)c1cc(C(=O)O)ccn1. The smallest absolute Gasteiger partial charge is 0.335 e. The zero-order valence-corrected chi connectivity index (χ0v) is 11.2. The van der Waals surface area contributed by atoms with Crippen molar-refractivity contribution in [2.45, 2.75) is 19.4 Å². The molecule has 0 amide bonds. The molecule has 0 bridgehead atoms. The molecule has 0 spiro atoms. The molecule has 0 aliphatic heterocycles. The lowest BCUT2D eigenvalue weighted by atomic mass is 10.2. The van der Waals surface area contributed by atoms with Gasteiger partial charge < -0.3 is 10.0 Å². The van der Waals surface area contributed by atoms with Crippen molar-refractivity contribution in [1.82, 2.24) is 4.98 Å². The van der Waals surface area contributed by atoms with Crippen molar-refractivity contribution in [2.24, 2.45) is 0 Å². The number of thioether (sulfide) groups is 1. The molecule has 0 aromatic carbocycles. The van der Waals surface area contributed by atoms with Crippen molar-refractivity contribution in [3.8, 4) is 0 Å². The number of aromatic nitrogens is 1. The fourth-order valence-corrected chi connectivity index (χ4v) is 2.47. The lowest BCUT2D eigenvalue weighted by Crippen LogP contribution is -2.33. The third-order valence-electron chi connectivity index (χ3n) is 2.73. The maximum Gasteiger partial charge on any atom is 0.335 e. The van der Waals surface area contributed by atoms with E-state index in [-0.39, 0.29) is 5.56 Å². The van der Waals surface area contributed by atoms with Crippen molar-refractivity contribution in [3.63, 3.8) is 0 Å². The highest BCUT2D eigenvalue weighted by atomic mass is 32.2. The highest BCUT2D eigenvalue weighted by Crippen LogP contribution is 2.17. The maximum atomic E-state index is 10.9. The van der Waals surface area contributed by atoms with Gasteiger partial charge in [-0.2, -0.15) is 11.8 Å². The normalized spacial score (nSPS) is 12.2. The first-order valence-corrected chi connectivity index (χ1v) is 6.90. The number of anilines is 1. The first-order chi connectivity index (χ1) is 8.10. The lowest BCUT2D eigenvalue weighted by Gasteiger charge is -2.27. The zero-order valence-electron chi connectivity index (χ0n) is 10.4. The number of nitrogens with zero attached hydrogens (tertiary/aromatic N) is 2. The number of rotatable bonds is 6. The molecule has 1 rings (SSSR count). The van der Waals surface area contributed by atoms with Gasteiger partial charge in [0.1, 0.15) is 5.82 Å². The summed E-state index contributed by atoms with van der Waals surface area (Å²) in [6, 6.07) is 3.50. The van der Waals surface area contributed by atoms with E-state index in [0.29, 0.717) is 11.9 Å². The summed E-state index contributed by atoms with van der Waals surface area (Å²) in [5.74, 6) is 0.803. The first kappa shape index (κ1) is 13.8. The number of aromatic carboxylic acids is 1. The predicted octanol–water partition coefficient (Wildman–Crippen LogP) is 2.36. The van der Waals surface area contributed by atoms with Crippen LogP contribution in [0.5, 0.6) is 0 Å². The van der Waals surface area contributed by atoms with E-state index in [2.05, 4.69) is 18.2 Å². The second-order valence-electron chi connectivity index (χ2n) is 3.84. The van der Waals surface area contributed by atoms with Crippen LogP contribution < -0.4 is 4.90 Å². The van der Waals surface area contributed by atoms with Crippen LogP contribution in [0.15, 0.2) is 18.3 Å². The van der Waals surface area contributed by atoms with Crippen molar-refractivity contribution >= 4 is 23.5 Å². The molecule has 0 saturated heterocycles. The Morgan fingerprint density at radius 3 is 2.88 bits per heavy atom. The summed E-state index contributed by atoms with van der Waals surface area (Å²) < 4.78 is 0. The van der Waals surface area contributed by atoms with Gasteiger partial charge in [-0.15, -0.1) is 0 Å². The Balaban J connectivity index is 2.90. The monoisotopic (exact) mass is 254 g/mol. The fraction of sp³-hybridized carbons (Fsp3) is 0.500. The molecule has 0 aliphatic rings. The van der Waals surface area contributed by atoms with Crippen molar-refractivity contribution < 1.29 is 9.90 Å². The van der Waals surface area contributed by atoms with Crippen LogP contribution in [-0.2, 0) is 0 Å². The summed E-state index contributed by atoms with van der Waals surface area (Å²) in [5, 5.41) is 8.94. The number of pyridine rings is 1. The highest BCUT2D eigenvalue weighted by Gasteiger charge is 2.15. The van der Waals surface area contributed by atoms with Gasteiger partial charge in [0.15, 0.2) is 0 Å². The van der Waals surface area contributed by atoms with Crippen LogP contribution in [0.3, 0.4) is 0 Å². The Kier molecular flexibility index (Phi) is 5.28. The molecule has 4 nitrogen and oxygen atoms in total.